The number of alkyl halides is 2. The van der Waals surface area contributed by atoms with E-state index < -0.39 is 19.0 Å². The number of aromatic amines is 1. The van der Waals surface area contributed by atoms with E-state index in [1.807, 2.05) is 0 Å². The van der Waals surface area contributed by atoms with Crippen LogP contribution < -0.4 is 11.1 Å². The average Bonchev–Trinajstić information content (AvgIpc) is 2.68. The summed E-state index contributed by atoms with van der Waals surface area (Å²) >= 11 is 5.69. The van der Waals surface area contributed by atoms with Crippen molar-refractivity contribution >= 4 is 28.5 Å². The van der Waals surface area contributed by atoms with Gasteiger partial charge in [0.05, 0.1) is 18.5 Å². The molecule has 0 unspecified atom stereocenters. The first kappa shape index (κ1) is 12.9. The van der Waals surface area contributed by atoms with Gasteiger partial charge in [-0.15, -0.1) is 0 Å². The minimum absolute atomic E-state index is 0.0624. The van der Waals surface area contributed by atoms with E-state index >= 15 is 0 Å². The number of H-pyrrole nitrogens is 1. The van der Waals surface area contributed by atoms with Crippen LogP contribution in [0.1, 0.15) is 5.69 Å². The van der Waals surface area contributed by atoms with Crippen molar-refractivity contribution in [3.05, 3.63) is 11.0 Å². The molecule has 18 heavy (non-hydrogen) atoms. The van der Waals surface area contributed by atoms with Gasteiger partial charge in [-0.2, -0.15) is 15.1 Å². The SMILES string of the molecule is Cc1[nH]nc2nc(Cl)nc(NCC(F)(F)CN)c12. The van der Waals surface area contributed by atoms with Crippen molar-refractivity contribution in [2.24, 2.45) is 5.73 Å². The Kier molecular flexibility index (Phi) is 3.31. The summed E-state index contributed by atoms with van der Waals surface area (Å²) in [7, 11) is 0. The van der Waals surface area contributed by atoms with Crippen molar-refractivity contribution in [2.45, 2.75) is 12.8 Å². The van der Waals surface area contributed by atoms with Gasteiger partial charge in [-0.25, -0.2) is 8.78 Å². The van der Waals surface area contributed by atoms with E-state index in [0.29, 0.717) is 16.7 Å². The summed E-state index contributed by atoms with van der Waals surface area (Å²) < 4.78 is 26.2. The quantitative estimate of drug-likeness (QED) is 0.733. The molecular weight excluding hydrogens is 266 g/mol. The summed E-state index contributed by atoms with van der Waals surface area (Å²) in [5.74, 6) is -2.80. The van der Waals surface area contributed by atoms with Crippen molar-refractivity contribution in [2.75, 3.05) is 18.4 Å². The van der Waals surface area contributed by atoms with Crippen molar-refractivity contribution in [3.8, 4) is 0 Å². The molecule has 98 valence electrons. The fraction of sp³-hybridized carbons (Fsp3) is 0.444. The highest BCUT2D eigenvalue weighted by molar-refractivity contribution is 6.28. The zero-order valence-electron chi connectivity index (χ0n) is 9.47. The van der Waals surface area contributed by atoms with E-state index in [1.165, 1.54) is 0 Å². The van der Waals surface area contributed by atoms with Gasteiger partial charge >= 0.3 is 0 Å². The molecule has 0 aliphatic rings. The molecule has 2 aromatic rings. The van der Waals surface area contributed by atoms with Crippen molar-refractivity contribution < 1.29 is 8.78 Å². The van der Waals surface area contributed by atoms with Crippen molar-refractivity contribution in [1.82, 2.24) is 20.2 Å². The predicted molar refractivity (Wildman–Crippen MR) is 63.9 cm³/mol. The fourth-order valence-corrected chi connectivity index (χ4v) is 1.62. The number of aromatic nitrogens is 4. The van der Waals surface area contributed by atoms with Gasteiger partial charge < -0.3 is 11.1 Å². The number of anilines is 1. The lowest BCUT2D eigenvalue weighted by Gasteiger charge is -2.15. The Bertz CT molecular complexity index is 569. The second-order valence-electron chi connectivity index (χ2n) is 3.80. The van der Waals surface area contributed by atoms with Gasteiger partial charge in [0, 0.05) is 5.69 Å². The zero-order chi connectivity index (χ0) is 13.3. The van der Waals surface area contributed by atoms with Gasteiger partial charge in [-0.3, -0.25) is 5.10 Å². The molecule has 0 aliphatic carbocycles. The summed E-state index contributed by atoms with van der Waals surface area (Å²) in [5.41, 5.74) is 5.95. The maximum absolute atomic E-state index is 13.1. The summed E-state index contributed by atoms with van der Waals surface area (Å²) in [6.45, 7) is 0.363. The molecule has 2 aromatic heterocycles. The summed E-state index contributed by atoms with van der Waals surface area (Å²) in [5, 5.41) is 9.58. The van der Waals surface area contributed by atoms with E-state index in [1.54, 1.807) is 6.92 Å². The highest BCUT2D eigenvalue weighted by Crippen LogP contribution is 2.24. The first-order valence-electron chi connectivity index (χ1n) is 5.13. The van der Waals surface area contributed by atoms with Crippen LogP contribution in [-0.2, 0) is 0 Å². The number of hydrogen-bond acceptors (Lipinski definition) is 5. The molecule has 2 heterocycles. The molecule has 0 aliphatic heterocycles. The monoisotopic (exact) mass is 276 g/mol. The third kappa shape index (κ3) is 2.49. The standard InChI is InChI=1S/C9H11ClF2N6/c1-4-5-6(14-3-9(11,12)2-13)15-8(10)16-7(5)18-17-4/h2-3,13H2,1H3,(H2,14,15,16,17,18). The molecule has 0 saturated heterocycles. The molecular formula is C9H11ClF2N6. The lowest BCUT2D eigenvalue weighted by molar-refractivity contribution is 0.0253. The minimum Gasteiger partial charge on any atom is -0.363 e. The molecule has 4 N–H and O–H groups in total. The normalized spacial score (nSPS) is 12.1. The number of halogens is 3. The average molecular weight is 277 g/mol. The lowest BCUT2D eigenvalue weighted by atomic mass is 10.3. The maximum Gasteiger partial charge on any atom is 0.276 e. The van der Waals surface area contributed by atoms with Gasteiger partial charge in [0.15, 0.2) is 5.65 Å². The molecule has 0 amide bonds. The maximum atomic E-state index is 13.1. The van der Waals surface area contributed by atoms with E-state index in [9.17, 15) is 8.78 Å². The van der Waals surface area contributed by atoms with Gasteiger partial charge in [-0.1, -0.05) is 0 Å². The first-order chi connectivity index (χ1) is 8.43. The van der Waals surface area contributed by atoms with Crippen LogP contribution in [0.3, 0.4) is 0 Å². The smallest absolute Gasteiger partial charge is 0.276 e. The van der Waals surface area contributed by atoms with Crippen molar-refractivity contribution in [3.63, 3.8) is 0 Å². The highest BCUT2D eigenvalue weighted by Gasteiger charge is 2.27. The van der Waals surface area contributed by atoms with E-state index in [4.69, 9.17) is 17.3 Å². The topological polar surface area (TPSA) is 92.5 Å². The number of aryl methyl sites for hydroxylation is 1. The molecule has 6 nitrogen and oxygen atoms in total. The Morgan fingerprint density at radius 2 is 2.17 bits per heavy atom. The number of nitrogens with one attached hydrogen (secondary N) is 2. The Morgan fingerprint density at radius 1 is 1.44 bits per heavy atom. The molecule has 0 fully saturated rings. The molecule has 0 spiro atoms. The second-order valence-corrected chi connectivity index (χ2v) is 4.14. The van der Waals surface area contributed by atoms with E-state index in [-0.39, 0.29) is 11.1 Å². The Morgan fingerprint density at radius 3 is 2.83 bits per heavy atom. The predicted octanol–water partition coefficient (Wildman–Crippen LogP) is 1.32. The van der Waals surface area contributed by atoms with Crippen LogP contribution in [0.4, 0.5) is 14.6 Å². The summed E-state index contributed by atoms with van der Waals surface area (Å²) in [6, 6.07) is 0. The van der Waals surface area contributed by atoms with Crippen LogP contribution in [0.15, 0.2) is 0 Å². The van der Waals surface area contributed by atoms with Crippen LogP contribution in [0.25, 0.3) is 11.0 Å². The molecule has 0 aromatic carbocycles. The molecule has 0 atom stereocenters. The number of rotatable bonds is 4. The highest BCUT2D eigenvalue weighted by atomic mass is 35.5. The number of hydrogen-bond donors (Lipinski definition) is 3. The van der Waals surface area contributed by atoms with Crippen LogP contribution in [-0.4, -0.2) is 39.2 Å². The fourth-order valence-electron chi connectivity index (χ4n) is 1.45. The van der Waals surface area contributed by atoms with Gasteiger partial charge in [-0.05, 0) is 18.5 Å². The third-order valence-electron chi connectivity index (χ3n) is 2.38. The summed E-state index contributed by atoms with van der Waals surface area (Å²) in [4.78, 5) is 7.76. The number of nitrogens with two attached hydrogens (primary N) is 1. The van der Waals surface area contributed by atoms with Crippen LogP contribution >= 0.6 is 11.6 Å². The molecule has 0 bridgehead atoms. The molecule has 0 saturated carbocycles. The van der Waals surface area contributed by atoms with Gasteiger partial charge in [0.2, 0.25) is 5.28 Å². The second kappa shape index (κ2) is 4.62. The van der Waals surface area contributed by atoms with E-state index in [0.717, 1.165) is 0 Å². The van der Waals surface area contributed by atoms with E-state index in [2.05, 4.69) is 25.5 Å². The molecule has 0 radical (unpaired) electrons. The van der Waals surface area contributed by atoms with Crippen LogP contribution in [0.2, 0.25) is 5.28 Å². The first-order valence-corrected chi connectivity index (χ1v) is 5.51. The van der Waals surface area contributed by atoms with Gasteiger partial charge in [0.1, 0.15) is 5.82 Å². The third-order valence-corrected chi connectivity index (χ3v) is 2.55. The number of nitrogens with zero attached hydrogens (tertiary/aromatic N) is 3. The Balaban J connectivity index is 2.35. The number of fused-ring (bicyclic) bond motifs is 1. The summed E-state index contributed by atoms with van der Waals surface area (Å²) in [6.07, 6.45) is 0. The zero-order valence-corrected chi connectivity index (χ0v) is 10.2. The Labute approximate surface area is 106 Å². The van der Waals surface area contributed by atoms with Crippen molar-refractivity contribution in [1.29, 1.82) is 0 Å². The van der Waals surface area contributed by atoms with Gasteiger partial charge in [0.25, 0.3) is 5.92 Å². The lowest BCUT2D eigenvalue weighted by Crippen LogP contribution is -2.35. The Hall–Kier alpha value is -1.54. The molecule has 9 heteroatoms. The van der Waals surface area contributed by atoms with Crippen LogP contribution in [0, 0.1) is 6.92 Å². The molecule has 2 rings (SSSR count). The largest absolute Gasteiger partial charge is 0.363 e. The minimum atomic E-state index is -3.01. The van der Waals surface area contributed by atoms with Crippen LogP contribution in [0.5, 0.6) is 0 Å².